The van der Waals surface area contributed by atoms with E-state index >= 15 is 0 Å². The highest BCUT2D eigenvalue weighted by atomic mass is 35.5. The van der Waals surface area contributed by atoms with Crippen molar-refractivity contribution in [2.24, 2.45) is 0 Å². The number of aromatic nitrogens is 1. The Hall–Kier alpha value is -2.07. The molecule has 1 aromatic carbocycles. The van der Waals surface area contributed by atoms with Crippen molar-refractivity contribution in [1.29, 1.82) is 0 Å². The fourth-order valence-corrected chi connectivity index (χ4v) is 2.82. The van der Waals surface area contributed by atoms with Crippen LogP contribution >= 0.6 is 11.6 Å². The fourth-order valence-electron chi connectivity index (χ4n) is 2.63. The van der Waals surface area contributed by atoms with Gasteiger partial charge in [-0.1, -0.05) is 17.7 Å². The minimum atomic E-state index is -0.205. The summed E-state index contributed by atoms with van der Waals surface area (Å²) in [4.78, 5) is 16.4. The summed E-state index contributed by atoms with van der Waals surface area (Å²) in [6.45, 7) is -0.0248. The van der Waals surface area contributed by atoms with Crippen molar-refractivity contribution in [3.63, 3.8) is 0 Å². The summed E-state index contributed by atoms with van der Waals surface area (Å²) in [6.07, 6.45) is 6.01. The van der Waals surface area contributed by atoms with Gasteiger partial charge in [-0.2, -0.15) is 0 Å². The second-order valence-electron chi connectivity index (χ2n) is 5.29. The first kappa shape index (κ1) is 14.9. The molecular formula is C17H17ClN2O2. The lowest BCUT2D eigenvalue weighted by atomic mass is 9.95. The lowest BCUT2D eigenvalue weighted by molar-refractivity contribution is -0.118. The largest absolute Gasteiger partial charge is 0.483 e. The van der Waals surface area contributed by atoms with Crippen LogP contribution in [0.1, 0.15) is 24.1 Å². The van der Waals surface area contributed by atoms with E-state index in [-0.39, 0.29) is 12.5 Å². The maximum absolute atomic E-state index is 12.0. The van der Waals surface area contributed by atoms with E-state index in [1.165, 1.54) is 6.42 Å². The molecule has 0 spiro atoms. The zero-order valence-corrected chi connectivity index (χ0v) is 12.9. The third-order valence-electron chi connectivity index (χ3n) is 3.66. The van der Waals surface area contributed by atoms with E-state index in [1.54, 1.807) is 30.5 Å². The van der Waals surface area contributed by atoms with E-state index in [4.69, 9.17) is 16.3 Å². The van der Waals surface area contributed by atoms with Crippen molar-refractivity contribution in [3.05, 3.63) is 52.8 Å². The van der Waals surface area contributed by atoms with Gasteiger partial charge >= 0.3 is 0 Å². The number of anilines is 1. The van der Waals surface area contributed by atoms with Gasteiger partial charge in [0, 0.05) is 28.2 Å². The molecule has 1 N–H and O–H groups in total. The van der Waals surface area contributed by atoms with Crippen LogP contribution in [-0.2, 0) is 17.6 Å². The lowest BCUT2D eigenvalue weighted by Gasteiger charge is -2.18. The first-order valence-electron chi connectivity index (χ1n) is 7.37. The molecule has 4 nitrogen and oxygen atoms in total. The Kier molecular flexibility index (Phi) is 4.59. The number of nitrogens with zero attached hydrogens (tertiary/aromatic N) is 1. The molecular weight excluding hydrogens is 300 g/mol. The number of nitrogens with one attached hydrogen (secondary N) is 1. The summed E-state index contributed by atoms with van der Waals surface area (Å²) in [6, 6.07) is 8.87. The van der Waals surface area contributed by atoms with Crippen LogP contribution in [-0.4, -0.2) is 17.5 Å². The first-order valence-corrected chi connectivity index (χ1v) is 7.75. The number of halogens is 1. The molecule has 22 heavy (non-hydrogen) atoms. The molecule has 0 atom stereocenters. The fraction of sp³-hybridized carbons (Fsp3) is 0.294. The van der Waals surface area contributed by atoms with Crippen LogP contribution in [0.25, 0.3) is 0 Å². The van der Waals surface area contributed by atoms with Gasteiger partial charge in [0.1, 0.15) is 5.75 Å². The predicted molar refractivity (Wildman–Crippen MR) is 86.5 cm³/mol. The van der Waals surface area contributed by atoms with Gasteiger partial charge in [-0.05, 0) is 49.9 Å². The van der Waals surface area contributed by atoms with Gasteiger partial charge in [0.05, 0.1) is 0 Å². The Morgan fingerprint density at radius 1 is 1.27 bits per heavy atom. The maximum Gasteiger partial charge on any atom is 0.262 e. The van der Waals surface area contributed by atoms with Crippen LogP contribution in [0.3, 0.4) is 0 Å². The van der Waals surface area contributed by atoms with Crippen LogP contribution < -0.4 is 10.1 Å². The number of carbonyl (C=O) groups excluding carboxylic acids is 1. The predicted octanol–water partition coefficient (Wildman–Crippen LogP) is 3.63. The summed E-state index contributed by atoms with van der Waals surface area (Å²) in [5.74, 6) is 0.564. The molecule has 1 aliphatic rings. The smallest absolute Gasteiger partial charge is 0.262 e. The highest BCUT2D eigenvalue weighted by Gasteiger charge is 2.15. The average Bonchev–Trinajstić information content (AvgIpc) is 2.53. The SMILES string of the molecule is O=C(COc1ccnc2c1CCCC2)Nc1cccc(Cl)c1. The molecule has 5 heteroatoms. The van der Waals surface area contributed by atoms with Crippen LogP contribution in [0, 0.1) is 0 Å². The number of fused-ring (bicyclic) bond motifs is 1. The van der Waals surface area contributed by atoms with Gasteiger partial charge in [-0.25, -0.2) is 0 Å². The van der Waals surface area contributed by atoms with E-state index in [0.29, 0.717) is 10.7 Å². The Morgan fingerprint density at radius 2 is 2.14 bits per heavy atom. The highest BCUT2D eigenvalue weighted by molar-refractivity contribution is 6.30. The Balaban J connectivity index is 1.62. The van der Waals surface area contributed by atoms with Crippen molar-refractivity contribution < 1.29 is 9.53 Å². The van der Waals surface area contributed by atoms with E-state index < -0.39 is 0 Å². The second kappa shape index (κ2) is 6.79. The molecule has 0 aliphatic heterocycles. The summed E-state index contributed by atoms with van der Waals surface area (Å²) in [5.41, 5.74) is 2.90. The molecule has 1 amide bonds. The van der Waals surface area contributed by atoms with E-state index in [1.807, 2.05) is 6.07 Å². The summed E-state index contributed by atoms with van der Waals surface area (Å²) < 4.78 is 5.68. The molecule has 1 aliphatic carbocycles. The number of carbonyl (C=O) groups is 1. The molecule has 0 radical (unpaired) electrons. The number of hydrogen-bond acceptors (Lipinski definition) is 3. The van der Waals surface area contributed by atoms with E-state index in [2.05, 4.69) is 10.3 Å². The third kappa shape index (κ3) is 3.57. The zero-order valence-electron chi connectivity index (χ0n) is 12.1. The summed E-state index contributed by atoms with van der Waals surface area (Å²) in [5, 5.41) is 3.35. The van der Waals surface area contributed by atoms with Crippen molar-refractivity contribution in [1.82, 2.24) is 4.98 Å². The molecule has 0 fully saturated rings. The minimum absolute atomic E-state index is 0.0248. The maximum atomic E-state index is 12.0. The Bertz CT molecular complexity index is 688. The first-order chi connectivity index (χ1) is 10.7. The monoisotopic (exact) mass is 316 g/mol. The van der Waals surface area contributed by atoms with Crippen LogP contribution in [0.5, 0.6) is 5.75 Å². The number of pyridine rings is 1. The normalized spacial score (nSPS) is 13.3. The quantitative estimate of drug-likeness (QED) is 0.937. The Labute approximate surface area is 134 Å². The van der Waals surface area contributed by atoms with Crippen LogP contribution in [0.4, 0.5) is 5.69 Å². The number of benzene rings is 1. The number of ether oxygens (including phenoxy) is 1. The van der Waals surface area contributed by atoms with Gasteiger partial charge in [-0.15, -0.1) is 0 Å². The molecule has 0 bridgehead atoms. The topological polar surface area (TPSA) is 51.2 Å². The molecule has 1 heterocycles. The number of rotatable bonds is 4. The lowest BCUT2D eigenvalue weighted by Crippen LogP contribution is -2.21. The van der Waals surface area contributed by atoms with Crippen molar-refractivity contribution in [2.45, 2.75) is 25.7 Å². The molecule has 1 aromatic heterocycles. The highest BCUT2D eigenvalue weighted by Crippen LogP contribution is 2.27. The van der Waals surface area contributed by atoms with Crippen LogP contribution in [0.2, 0.25) is 5.02 Å². The van der Waals surface area contributed by atoms with Crippen molar-refractivity contribution in [2.75, 3.05) is 11.9 Å². The van der Waals surface area contributed by atoms with Crippen molar-refractivity contribution >= 4 is 23.2 Å². The molecule has 0 saturated carbocycles. The molecule has 2 aromatic rings. The van der Waals surface area contributed by atoms with Gasteiger partial charge in [0.15, 0.2) is 6.61 Å². The van der Waals surface area contributed by atoms with E-state index in [0.717, 1.165) is 36.3 Å². The molecule has 114 valence electrons. The average molecular weight is 317 g/mol. The summed E-state index contributed by atoms with van der Waals surface area (Å²) in [7, 11) is 0. The molecule has 3 rings (SSSR count). The number of aryl methyl sites for hydroxylation is 1. The standard InChI is InChI=1S/C17H17ClN2O2/c18-12-4-3-5-13(10-12)20-17(21)11-22-16-8-9-19-15-7-2-1-6-14(15)16/h3-5,8-10H,1-2,6-7,11H2,(H,20,21). The zero-order chi connectivity index (χ0) is 15.4. The van der Waals surface area contributed by atoms with Crippen LogP contribution in [0.15, 0.2) is 36.5 Å². The number of amides is 1. The van der Waals surface area contributed by atoms with Gasteiger partial charge in [0.2, 0.25) is 0 Å². The third-order valence-corrected chi connectivity index (χ3v) is 3.89. The molecule has 0 saturated heterocycles. The van der Waals surface area contributed by atoms with E-state index in [9.17, 15) is 4.79 Å². The molecule has 0 unspecified atom stereocenters. The second-order valence-corrected chi connectivity index (χ2v) is 5.73. The van der Waals surface area contributed by atoms with Gasteiger partial charge in [0.25, 0.3) is 5.91 Å². The van der Waals surface area contributed by atoms with Crippen molar-refractivity contribution in [3.8, 4) is 5.75 Å². The Morgan fingerprint density at radius 3 is 3.00 bits per heavy atom. The number of hydrogen-bond donors (Lipinski definition) is 1. The summed E-state index contributed by atoms with van der Waals surface area (Å²) >= 11 is 5.89. The minimum Gasteiger partial charge on any atom is -0.483 e. The van der Waals surface area contributed by atoms with Gasteiger partial charge in [-0.3, -0.25) is 9.78 Å². The van der Waals surface area contributed by atoms with Gasteiger partial charge < -0.3 is 10.1 Å².